The molecule has 0 aliphatic rings. The van der Waals surface area contributed by atoms with Gasteiger partial charge in [-0.1, -0.05) is 21.9 Å². The zero-order valence-electron chi connectivity index (χ0n) is 17.1. The number of ether oxygens (including phenoxy) is 3. The van der Waals surface area contributed by atoms with Gasteiger partial charge in [-0.05, 0) is 48.2 Å². The van der Waals surface area contributed by atoms with Crippen molar-refractivity contribution < 1.29 is 24.1 Å². The van der Waals surface area contributed by atoms with E-state index in [1.54, 1.807) is 50.6 Å². The number of terminal acetylenes is 1. The zero-order valence-corrected chi connectivity index (χ0v) is 19.5. The molecule has 2 N–H and O–H groups in total. The number of halogens is 1. The third-order valence-corrected chi connectivity index (χ3v) is 5.44. The van der Waals surface area contributed by atoms with Crippen molar-refractivity contribution in [1.29, 1.82) is 0 Å². The summed E-state index contributed by atoms with van der Waals surface area (Å²) in [7, 11) is 3.10. The van der Waals surface area contributed by atoms with Crippen LogP contribution in [-0.2, 0) is 4.79 Å². The van der Waals surface area contributed by atoms with E-state index in [2.05, 4.69) is 37.0 Å². The molecular formula is C22H18BrN3O5S. The minimum Gasteiger partial charge on any atom is -0.497 e. The second kappa shape index (κ2) is 10.7. The molecule has 0 aliphatic heterocycles. The lowest BCUT2D eigenvalue weighted by molar-refractivity contribution is -0.131. The van der Waals surface area contributed by atoms with Gasteiger partial charge >= 0.3 is 5.97 Å². The summed E-state index contributed by atoms with van der Waals surface area (Å²) in [6, 6.07) is 10.5. The van der Waals surface area contributed by atoms with E-state index in [0.717, 1.165) is 16.2 Å². The van der Waals surface area contributed by atoms with Crippen LogP contribution < -0.4 is 14.2 Å². The number of benzene rings is 2. The van der Waals surface area contributed by atoms with Crippen LogP contribution in [-0.4, -0.2) is 47.1 Å². The summed E-state index contributed by atoms with van der Waals surface area (Å²) in [5.74, 6) is 3.34. The van der Waals surface area contributed by atoms with Gasteiger partial charge in [0, 0.05) is 21.7 Å². The second-order valence-electron chi connectivity index (χ2n) is 6.16. The van der Waals surface area contributed by atoms with Gasteiger partial charge in [0.05, 0.1) is 14.2 Å². The van der Waals surface area contributed by atoms with Gasteiger partial charge in [0.1, 0.15) is 28.8 Å². The lowest BCUT2D eigenvalue weighted by atomic mass is 10.2. The van der Waals surface area contributed by atoms with Gasteiger partial charge in [0.25, 0.3) is 0 Å². The summed E-state index contributed by atoms with van der Waals surface area (Å²) in [5.41, 5.74) is 1.23. The van der Waals surface area contributed by atoms with Crippen molar-refractivity contribution in [3.63, 3.8) is 0 Å². The number of nitrogens with zero attached hydrogens (tertiary/aromatic N) is 2. The number of hydrogen-bond acceptors (Lipinski definition) is 7. The van der Waals surface area contributed by atoms with Crippen LogP contribution in [0.4, 0.5) is 0 Å². The van der Waals surface area contributed by atoms with Crippen LogP contribution in [0, 0.1) is 12.3 Å². The number of carboxylic acids is 1. The Morgan fingerprint density at radius 3 is 2.59 bits per heavy atom. The summed E-state index contributed by atoms with van der Waals surface area (Å²) in [6.07, 6.45) is 6.74. The van der Waals surface area contributed by atoms with Gasteiger partial charge in [0.15, 0.2) is 5.82 Å². The third-order valence-electron chi connectivity index (χ3n) is 4.07. The van der Waals surface area contributed by atoms with E-state index in [4.69, 9.17) is 20.6 Å². The fourth-order valence-electron chi connectivity index (χ4n) is 2.62. The average molecular weight is 516 g/mol. The van der Waals surface area contributed by atoms with Crippen LogP contribution in [0.3, 0.4) is 0 Å². The molecule has 8 nitrogen and oxygen atoms in total. The Labute approximate surface area is 197 Å². The maximum absolute atomic E-state index is 11.9. The van der Waals surface area contributed by atoms with E-state index in [9.17, 15) is 9.90 Å². The molecule has 0 amide bonds. The lowest BCUT2D eigenvalue weighted by Gasteiger charge is -2.08. The van der Waals surface area contributed by atoms with Crippen molar-refractivity contribution in [2.24, 2.45) is 0 Å². The zero-order chi connectivity index (χ0) is 23.1. The molecule has 0 aliphatic carbocycles. The highest BCUT2D eigenvalue weighted by molar-refractivity contribution is 9.10. The molecule has 2 aromatic carbocycles. The maximum Gasteiger partial charge on any atom is 0.342 e. The molecule has 0 fully saturated rings. The number of carbonyl (C=O) groups is 1. The van der Waals surface area contributed by atoms with Gasteiger partial charge < -0.3 is 19.3 Å². The van der Waals surface area contributed by atoms with Gasteiger partial charge in [-0.15, -0.1) is 11.5 Å². The maximum atomic E-state index is 11.9. The summed E-state index contributed by atoms with van der Waals surface area (Å²) in [4.78, 5) is 16.3. The predicted octanol–water partition coefficient (Wildman–Crippen LogP) is 4.48. The van der Waals surface area contributed by atoms with Gasteiger partial charge in [-0.2, -0.15) is 0 Å². The Morgan fingerprint density at radius 2 is 1.97 bits per heavy atom. The van der Waals surface area contributed by atoms with Crippen LogP contribution in [0.15, 0.2) is 50.9 Å². The molecular weight excluding hydrogens is 498 g/mol. The molecule has 3 rings (SSSR count). The van der Waals surface area contributed by atoms with Crippen molar-refractivity contribution in [1.82, 2.24) is 15.2 Å². The smallest absolute Gasteiger partial charge is 0.342 e. The minimum atomic E-state index is -1.13. The number of aromatic amines is 1. The second-order valence-corrected chi connectivity index (χ2v) is 8.08. The molecule has 1 heterocycles. The first-order valence-electron chi connectivity index (χ1n) is 9.08. The van der Waals surface area contributed by atoms with Gasteiger partial charge in [-0.25, -0.2) is 9.78 Å². The summed E-state index contributed by atoms with van der Waals surface area (Å²) < 4.78 is 16.8. The Bertz CT molecular complexity index is 1180. The summed E-state index contributed by atoms with van der Waals surface area (Å²) >= 11 is 4.28. The standard InChI is InChI=1S/C22H18BrN3O5S/c1-4-7-31-18-6-5-15(23)8-13(18)11-19(21(27)28)32-22-24-20(25-26-22)14-9-16(29-2)12-17(10-14)30-3/h1,5-6,8-12H,7H2,2-3H3,(H,27,28)(H,24,25,26)/b19-11-. The predicted molar refractivity (Wildman–Crippen MR) is 125 cm³/mol. The molecule has 0 saturated heterocycles. The fraction of sp³-hybridized carbons (Fsp3) is 0.136. The number of thioether (sulfide) groups is 1. The van der Waals surface area contributed by atoms with Crippen molar-refractivity contribution in [2.45, 2.75) is 5.16 Å². The molecule has 3 aromatic rings. The number of carboxylic acid groups (broad SMARTS) is 1. The Balaban J connectivity index is 1.91. The minimum absolute atomic E-state index is 0.00225. The molecule has 0 saturated carbocycles. The molecule has 0 radical (unpaired) electrons. The van der Waals surface area contributed by atoms with Crippen LogP contribution in [0.5, 0.6) is 17.2 Å². The fourth-order valence-corrected chi connectivity index (χ4v) is 3.70. The van der Waals surface area contributed by atoms with Crippen molar-refractivity contribution in [3.8, 4) is 41.0 Å². The number of aromatic nitrogens is 3. The van der Waals surface area contributed by atoms with Gasteiger partial charge in [-0.3, -0.25) is 5.10 Å². The average Bonchev–Trinajstić information content (AvgIpc) is 3.26. The Morgan fingerprint density at radius 1 is 1.25 bits per heavy atom. The van der Waals surface area contributed by atoms with E-state index in [0.29, 0.717) is 34.2 Å². The number of rotatable bonds is 9. The van der Waals surface area contributed by atoms with Crippen molar-refractivity contribution in [2.75, 3.05) is 20.8 Å². The van der Waals surface area contributed by atoms with E-state index in [1.807, 2.05) is 0 Å². The first kappa shape index (κ1) is 23.2. The number of H-pyrrole nitrogens is 1. The quantitative estimate of drug-likeness (QED) is 0.244. The van der Waals surface area contributed by atoms with E-state index < -0.39 is 5.97 Å². The number of nitrogens with one attached hydrogen (secondary N) is 1. The molecule has 1 aromatic heterocycles. The largest absolute Gasteiger partial charge is 0.497 e. The SMILES string of the molecule is C#CCOc1ccc(Br)cc1/C=C(\Sc1n[nH]c(-c2cc(OC)cc(OC)c2)n1)C(=O)O. The Hall–Kier alpha value is -3.42. The lowest BCUT2D eigenvalue weighted by Crippen LogP contribution is -1.99. The van der Waals surface area contributed by atoms with Crippen LogP contribution in [0.25, 0.3) is 17.5 Å². The third kappa shape index (κ3) is 5.84. The highest BCUT2D eigenvalue weighted by Gasteiger charge is 2.16. The molecule has 0 bridgehead atoms. The van der Waals surface area contributed by atoms with E-state index >= 15 is 0 Å². The number of methoxy groups -OCH3 is 2. The monoisotopic (exact) mass is 515 g/mol. The van der Waals surface area contributed by atoms with Crippen molar-refractivity contribution >= 4 is 39.7 Å². The first-order chi connectivity index (χ1) is 15.4. The molecule has 32 heavy (non-hydrogen) atoms. The normalized spacial score (nSPS) is 11.0. The van der Waals surface area contributed by atoms with E-state index in [-0.39, 0.29) is 16.7 Å². The van der Waals surface area contributed by atoms with Crippen molar-refractivity contribution in [3.05, 3.63) is 51.3 Å². The molecule has 0 atom stereocenters. The number of aliphatic carboxylic acids is 1. The summed E-state index contributed by atoms with van der Waals surface area (Å²) in [5, 5.41) is 16.9. The Kier molecular flexibility index (Phi) is 7.81. The van der Waals surface area contributed by atoms with Crippen LogP contribution >= 0.6 is 27.7 Å². The molecule has 0 unspecified atom stereocenters. The summed E-state index contributed by atoms with van der Waals surface area (Å²) in [6.45, 7) is 0.0618. The molecule has 0 spiro atoms. The number of hydrogen-bond donors (Lipinski definition) is 2. The van der Waals surface area contributed by atoms with E-state index in [1.165, 1.54) is 6.08 Å². The first-order valence-corrected chi connectivity index (χ1v) is 10.7. The van der Waals surface area contributed by atoms with Crippen LogP contribution in [0.1, 0.15) is 5.56 Å². The van der Waals surface area contributed by atoms with Gasteiger partial charge in [0.2, 0.25) is 5.16 Å². The molecule has 164 valence electrons. The topological polar surface area (TPSA) is 107 Å². The van der Waals surface area contributed by atoms with Crippen LogP contribution in [0.2, 0.25) is 0 Å². The highest BCUT2D eigenvalue weighted by atomic mass is 79.9. The molecule has 10 heteroatoms. The highest BCUT2D eigenvalue weighted by Crippen LogP contribution is 2.33.